The second-order valence-electron chi connectivity index (χ2n) is 42.9. The first-order valence-corrected chi connectivity index (χ1v) is 52.6. The van der Waals surface area contributed by atoms with Crippen molar-refractivity contribution >= 4 is 103 Å². The molecule has 16 heterocycles. The Labute approximate surface area is 801 Å². The maximum Gasteiger partial charge on any atom is 0.268 e. The number of halogens is 2. The van der Waals surface area contributed by atoms with E-state index in [4.69, 9.17) is 44.6 Å². The highest BCUT2D eigenvalue weighted by Gasteiger charge is 2.47. The minimum Gasteiger partial charge on any atom is -0.351 e. The summed E-state index contributed by atoms with van der Waals surface area (Å²) < 4.78 is 8.76. The minimum absolute atomic E-state index is 0.0148. The molecule has 134 heavy (non-hydrogen) atoms. The Morgan fingerprint density at radius 3 is 0.776 bits per heavy atom. The Bertz CT molecular complexity index is 4970. The standard InChI is InChI=1S/2C25H37N7O.2C14H15ClN4O.2C11H23N3/c2*1-30-11-13-31(14-12-30)20-7-5-19(6-8-20)28-24-26-16-18-15-21-23(33)27-17-25(9-3-2-4-10-25)32(21)22(18)29-24;2*15-13-16-7-9-6-10-12(20)17-8-14(4-2-1-3-5-14)19(10)11(9)18-13;2*1-13-6-8-14(9-7-13)11-4-2-10(12)3-5-11/h2*15-16,19-20H,2-14,17H2,1H3,(H,27,33)(H,26,28,29);2*6-7H,1-5,8H2,(H,17,20);2*10-11H,2-9,12H2,1H3. The molecule has 0 aromatic carbocycles. The van der Waals surface area contributed by atoms with Crippen LogP contribution in [0.2, 0.25) is 10.6 Å². The van der Waals surface area contributed by atoms with Crippen molar-refractivity contribution in [1.29, 1.82) is 0 Å². The summed E-state index contributed by atoms with van der Waals surface area (Å²) in [5, 5.41) is 23.8. The Balaban J connectivity index is 0.000000107. The molecule has 12 fully saturated rings. The third-order valence-electron chi connectivity index (χ3n) is 34.1. The van der Waals surface area contributed by atoms with Gasteiger partial charge in [-0.15, -0.1) is 0 Å². The lowest BCUT2D eigenvalue weighted by atomic mass is 9.80. The molecule has 4 amide bonds. The van der Waals surface area contributed by atoms with Gasteiger partial charge in [-0.2, -0.15) is 19.9 Å². The molecule has 0 radical (unpaired) electrons. The first kappa shape index (κ1) is 95.1. The molecule has 4 saturated heterocycles. The van der Waals surface area contributed by atoms with Crippen molar-refractivity contribution in [2.45, 2.75) is 302 Å². The number of likely N-dealkylation sites (N-methyl/N-ethyl adjacent to an activating group) is 4. The van der Waals surface area contributed by atoms with Gasteiger partial charge in [0.05, 0.1) is 22.2 Å². The summed E-state index contributed by atoms with van der Waals surface area (Å²) in [4.78, 5) is 106. The largest absolute Gasteiger partial charge is 0.351 e. The van der Waals surface area contributed by atoms with Gasteiger partial charge in [0, 0.05) is 226 Å². The Morgan fingerprint density at radius 1 is 0.306 bits per heavy atom. The van der Waals surface area contributed by atoms with E-state index in [0.717, 1.165) is 157 Å². The topological polar surface area (TPSA) is 341 Å². The highest BCUT2D eigenvalue weighted by molar-refractivity contribution is 6.29. The molecule has 0 bridgehead atoms. The van der Waals surface area contributed by atoms with Gasteiger partial charge < -0.3 is 81.2 Å². The average Bonchev–Trinajstić information content (AvgIpc) is 1.56. The second-order valence-corrected chi connectivity index (χ2v) is 43.6. The number of amides is 4. The maximum atomic E-state index is 12.7. The first-order chi connectivity index (χ1) is 65.1. The van der Waals surface area contributed by atoms with Crippen LogP contribution in [0.5, 0.6) is 0 Å². The zero-order valence-corrected chi connectivity index (χ0v) is 81.8. The van der Waals surface area contributed by atoms with Gasteiger partial charge in [-0.25, -0.2) is 19.9 Å². The smallest absolute Gasteiger partial charge is 0.268 e. The molecule has 728 valence electrons. The number of aromatic nitrogens is 12. The average molecular weight is 1880 g/mol. The number of nitrogens with zero attached hydrogens (tertiary/aromatic N) is 20. The van der Waals surface area contributed by atoms with E-state index >= 15 is 0 Å². The molecule has 8 saturated carbocycles. The van der Waals surface area contributed by atoms with E-state index in [-0.39, 0.29) is 56.4 Å². The lowest BCUT2D eigenvalue weighted by Gasteiger charge is -2.43. The lowest BCUT2D eigenvalue weighted by molar-refractivity contribution is 0.0828. The molecular formula is C100H150Cl2N28O4. The molecule has 32 nitrogen and oxygen atoms in total. The van der Waals surface area contributed by atoms with Crippen LogP contribution in [0.3, 0.4) is 0 Å². The number of hydrogen-bond acceptors (Lipinski definition) is 24. The highest BCUT2D eigenvalue weighted by atomic mass is 35.5. The van der Waals surface area contributed by atoms with Crippen LogP contribution < -0.4 is 43.4 Å². The van der Waals surface area contributed by atoms with Gasteiger partial charge in [0.15, 0.2) is 0 Å². The molecule has 4 spiro atoms. The van der Waals surface area contributed by atoms with Crippen molar-refractivity contribution in [3.05, 3.63) is 82.4 Å². The third kappa shape index (κ3) is 20.9. The number of hydrogen-bond donors (Lipinski definition) is 8. The van der Waals surface area contributed by atoms with Crippen LogP contribution in [0.1, 0.15) is 273 Å². The van der Waals surface area contributed by atoms with Crippen LogP contribution >= 0.6 is 23.2 Å². The van der Waals surface area contributed by atoms with Crippen molar-refractivity contribution in [2.24, 2.45) is 11.5 Å². The summed E-state index contributed by atoms with van der Waals surface area (Å²) in [6.45, 7) is 22.4. The molecule has 8 aliphatic heterocycles. The predicted molar refractivity (Wildman–Crippen MR) is 530 cm³/mol. The predicted octanol–water partition coefficient (Wildman–Crippen LogP) is 11.6. The summed E-state index contributed by atoms with van der Waals surface area (Å²) >= 11 is 11.9. The molecule has 0 atom stereocenters. The van der Waals surface area contributed by atoms with E-state index in [9.17, 15) is 19.2 Å². The van der Waals surface area contributed by atoms with E-state index in [1.165, 1.54) is 259 Å². The summed E-state index contributed by atoms with van der Waals surface area (Å²) in [6.07, 6.45) is 50.4. The highest BCUT2D eigenvalue weighted by Crippen LogP contribution is 2.46. The van der Waals surface area contributed by atoms with Gasteiger partial charge >= 0.3 is 0 Å². The number of nitrogens with two attached hydrogens (primary N) is 2. The normalized spacial score (nSPS) is 28.1. The fourth-order valence-electron chi connectivity index (χ4n) is 26.0. The number of nitrogens with one attached hydrogen (secondary N) is 6. The van der Waals surface area contributed by atoms with Gasteiger partial charge in [0.2, 0.25) is 22.5 Å². The fourth-order valence-corrected chi connectivity index (χ4v) is 26.2. The zero-order valence-electron chi connectivity index (χ0n) is 80.3. The molecule has 10 N–H and O–H groups in total. The van der Waals surface area contributed by atoms with Crippen molar-refractivity contribution in [2.75, 3.05) is 170 Å². The molecule has 0 unspecified atom stereocenters. The first-order valence-electron chi connectivity index (χ1n) is 51.9. The summed E-state index contributed by atoms with van der Waals surface area (Å²) in [5.74, 6) is 1.39. The van der Waals surface area contributed by atoms with Crippen LogP contribution in [-0.4, -0.2) is 328 Å². The number of carbonyl (C=O) groups excluding carboxylic acids is 4. The number of fused-ring (bicyclic) bond motifs is 16. The van der Waals surface area contributed by atoms with Gasteiger partial charge in [-0.05, 0) is 230 Å². The van der Waals surface area contributed by atoms with Crippen molar-refractivity contribution < 1.29 is 19.2 Å². The molecular weight excluding hydrogens is 1730 g/mol. The fraction of sp³-hybridized carbons (Fsp3) is 0.720. The third-order valence-corrected chi connectivity index (χ3v) is 34.5. The quantitative estimate of drug-likeness (QED) is 0.0655. The van der Waals surface area contributed by atoms with Gasteiger partial charge in [0.25, 0.3) is 23.6 Å². The Kier molecular flexibility index (Phi) is 29.8. The van der Waals surface area contributed by atoms with E-state index in [2.05, 4.69) is 147 Å². The van der Waals surface area contributed by atoms with E-state index in [1.807, 2.05) is 36.7 Å². The van der Waals surface area contributed by atoms with E-state index in [1.54, 1.807) is 12.4 Å². The number of anilines is 2. The van der Waals surface area contributed by atoms with Gasteiger partial charge in [-0.3, -0.25) is 38.8 Å². The Morgan fingerprint density at radius 2 is 0.530 bits per heavy atom. The van der Waals surface area contributed by atoms with Crippen molar-refractivity contribution in [1.82, 2.24) is 119 Å². The number of rotatable bonds is 8. The van der Waals surface area contributed by atoms with Crippen LogP contribution in [0.15, 0.2) is 49.1 Å². The monoisotopic (exact) mass is 1880 g/mol. The minimum atomic E-state index is -0.0407. The molecule has 16 aliphatic rings. The summed E-state index contributed by atoms with van der Waals surface area (Å²) in [6, 6.07) is 12.6. The van der Waals surface area contributed by atoms with Crippen LogP contribution in [0.25, 0.3) is 44.1 Å². The van der Waals surface area contributed by atoms with Crippen molar-refractivity contribution in [3.63, 3.8) is 0 Å². The summed E-state index contributed by atoms with van der Waals surface area (Å²) in [5.41, 5.74) is 18.0. The van der Waals surface area contributed by atoms with E-state index < -0.39 is 0 Å². The van der Waals surface area contributed by atoms with Crippen LogP contribution in [0, 0.1) is 0 Å². The van der Waals surface area contributed by atoms with Gasteiger partial charge in [-0.1, -0.05) is 77.0 Å². The van der Waals surface area contributed by atoms with Crippen molar-refractivity contribution in [3.8, 4) is 0 Å². The summed E-state index contributed by atoms with van der Waals surface area (Å²) in [7, 11) is 8.88. The molecule has 24 rings (SSSR count). The van der Waals surface area contributed by atoms with E-state index in [0.29, 0.717) is 73.6 Å². The van der Waals surface area contributed by atoms with Crippen LogP contribution in [-0.2, 0) is 22.2 Å². The molecule has 8 aromatic heterocycles. The Hall–Kier alpha value is -7.86. The second kappa shape index (κ2) is 42.1. The maximum absolute atomic E-state index is 12.7. The SMILES string of the molecule is CN1CCN(C2CCC(N)CC2)CC1.CN1CCN(C2CCC(N)CC2)CC1.CN1CCN(C2CCC(Nc3ncc4cc5n(c4n3)C3(CCCCC3)CNC5=O)CC2)CC1.CN1CCN(C2CCC(Nc3ncc4cc5n(c4n3)C3(CCCCC3)CNC5=O)CC2)CC1.O=C1NCC2(CCCCC2)n2c1cc1cnc(Cl)nc12.O=C1NCC2(CCCCC2)n2c1cc1cnc(Cl)nc12. The van der Waals surface area contributed by atoms with Crippen LogP contribution in [0.4, 0.5) is 11.9 Å². The molecule has 34 heteroatoms. The zero-order chi connectivity index (χ0) is 92.2. The lowest BCUT2D eigenvalue weighted by Crippen LogP contribution is -2.52. The molecule has 8 aliphatic carbocycles. The van der Waals surface area contributed by atoms with Gasteiger partial charge in [0.1, 0.15) is 45.4 Å². The number of carbonyl (C=O) groups is 4. The molecule has 8 aromatic rings. The number of piperazine rings is 4.